The van der Waals surface area contributed by atoms with Gasteiger partial charge in [0.1, 0.15) is 0 Å². The molecule has 0 radical (unpaired) electrons. The van der Waals surface area contributed by atoms with E-state index in [4.69, 9.17) is 0 Å². The van der Waals surface area contributed by atoms with Crippen molar-refractivity contribution in [3.05, 3.63) is 0 Å². The number of esters is 2. The van der Waals surface area contributed by atoms with Gasteiger partial charge in [-0.2, -0.15) is 0 Å². The fourth-order valence-corrected chi connectivity index (χ4v) is 1.33. The number of ether oxygens (including phenoxy) is 1. The summed E-state index contributed by atoms with van der Waals surface area (Å²) in [6, 6.07) is 0. The topological polar surface area (TPSA) is 43.4 Å². The van der Waals surface area contributed by atoms with Crippen LogP contribution in [-0.4, -0.2) is 11.9 Å². The fourth-order valence-electron chi connectivity index (χ4n) is 1.33. The summed E-state index contributed by atoms with van der Waals surface area (Å²) in [5.74, 6) is 8.30. The van der Waals surface area contributed by atoms with Crippen molar-refractivity contribution in [3.63, 3.8) is 0 Å². The average molecular weight is 262 g/mol. The van der Waals surface area contributed by atoms with Gasteiger partial charge in [-0.05, 0) is 12.8 Å². The molecule has 19 heavy (non-hydrogen) atoms. The molecule has 0 amide bonds. The third kappa shape index (κ3) is 12.5. The molecule has 0 aliphatic carbocycles. The molecule has 0 aromatic heterocycles. The van der Waals surface area contributed by atoms with Gasteiger partial charge >= 0.3 is 11.9 Å². The summed E-state index contributed by atoms with van der Waals surface area (Å²) in [4.78, 5) is 22.3. The van der Waals surface area contributed by atoms with Gasteiger partial charge in [0.2, 0.25) is 0 Å². The standard InChI is InChI=1S/C16H22O3/c1-3-5-7-9-11-13-15(17)19-16(18)14-12-10-8-6-4-2/h3-10H2,1-2H3. The minimum atomic E-state index is -0.815. The normalized spacial score (nSPS) is 8.74. The van der Waals surface area contributed by atoms with Crippen molar-refractivity contribution >= 4 is 11.9 Å². The Hall–Kier alpha value is -1.74. The summed E-state index contributed by atoms with van der Waals surface area (Å²) >= 11 is 0. The maximum absolute atomic E-state index is 11.1. The summed E-state index contributed by atoms with van der Waals surface area (Å²) in [6.45, 7) is 4.19. The molecule has 0 aromatic rings. The van der Waals surface area contributed by atoms with E-state index in [2.05, 4.69) is 42.3 Å². The van der Waals surface area contributed by atoms with E-state index in [1.54, 1.807) is 0 Å². The molecule has 0 aliphatic heterocycles. The van der Waals surface area contributed by atoms with Gasteiger partial charge in [0.25, 0.3) is 0 Å². The van der Waals surface area contributed by atoms with Crippen LogP contribution >= 0.6 is 0 Å². The van der Waals surface area contributed by atoms with Gasteiger partial charge in [-0.3, -0.25) is 0 Å². The number of carbonyl (C=O) groups excluding carboxylic acids is 2. The van der Waals surface area contributed by atoms with E-state index >= 15 is 0 Å². The maximum atomic E-state index is 11.1. The highest BCUT2D eigenvalue weighted by atomic mass is 16.6. The quantitative estimate of drug-likeness (QED) is 0.243. The lowest BCUT2D eigenvalue weighted by molar-refractivity contribution is -0.151. The van der Waals surface area contributed by atoms with Crippen LogP contribution in [0.25, 0.3) is 0 Å². The summed E-state index contributed by atoms with van der Waals surface area (Å²) in [7, 11) is 0. The lowest BCUT2D eigenvalue weighted by atomic mass is 10.2. The van der Waals surface area contributed by atoms with Crippen LogP contribution in [-0.2, 0) is 14.3 Å². The largest absolute Gasteiger partial charge is 0.392 e. The van der Waals surface area contributed by atoms with Gasteiger partial charge in [-0.15, -0.1) is 0 Å². The zero-order chi connectivity index (χ0) is 14.3. The molecular formula is C16H22O3. The van der Waals surface area contributed by atoms with Gasteiger partial charge in [-0.1, -0.05) is 51.4 Å². The van der Waals surface area contributed by atoms with Gasteiger partial charge in [-0.25, -0.2) is 9.59 Å². The zero-order valence-corrected chi connectivity index (χ0v) is 11.9. The Morgan fingerprint density at radius 3 is 1.58 bits per heavy atom. The predicted octanol–water partition coefficient (Wildman–Crippen LogP) is 3.22. The molecular weight excluding hydrogens is 240 g/mol. The SMILES string of the molecule is CCCCCC#CC(=O)OC(=O)C#CCCCCC. The predicted molar refractivity (Wildman–Crippen MR) is 74.9 cm³/mol. The second kappa shape index (κ2) is 12.7. The first-order valence-corrected chi connectivity index (χ1v) is 6.94. The second-order valence-electron chi connectivity index (χ2n) is 4.19. The third-order valence-corrected chi connectivity index (χ3v) is 2.38. The van der Waals surface area contributed by atoms with Crippen molar-refractivity contribution < 1.29 is 14.3 Å². The molecule has 0 saturated carbocycles. The van der Waals surface area contributed by atoms with Crippen LogP contribution in [0, 0.1) is 23.7 Å². The monoisotopic (exact) mass is 262 g/mol. The van der Waals surface area contributed by atoms with E-state index in [1.807, 2.05) is 0 Å². The lowest BCUT2D eigenvalue weighted by Crippen LogP contribution is -2.07. The Labute approximate surface area is 116 Å². The molecule has 0 bridgehead atoms. The summed E-state index contributed by atoms with van der Waals surface area (Å²) < 4.78 is 4.44. The number of unbranched alkanes of at least 4 members (excludes halogenated alkanes) is 6. The van der Waals surface area contributed by atoms with E-state index in [1.165, 1.54) is 0 Å². The van der Waals surface area contributed by atoms with Crippen molar-refractivity contribution in [2.45, 2.75) is 65.2 Å². The van der Waals surface area contributed by atoms with Gasteiger partial charge in [0.05, 0.1) is 0 Å². The Bertz CT molecular complexity index is 350. The minimum absolute atomic E-state index is 0.653. The lowest BCUT2D eigenvalue weighted by Gasteiger charge is -1.91. The summed E-state index contributed by atoms with van der Waals surface area (Å²) in [5.41, 5.74) is 0. The molecule has 0 spiro atoms. The Balaban J connectivity index is 3.82. The highest BCUT2D eigenvalue weighted by Gasteiger charge is 2.03. The van der Waals surface area contributed by atoms with Gasteiger partial charge < -0.3 is 4.74 Å². The van der Waals surface area contributed by atoms with Gasteiger partial charge in [0, 0.05) is 24.7 Å². The third-order valence-electron chi connectivity index (χ3n) is 2.38. The van der Waals surface area contributed by atoms with Crippen molar-refractivity contribution in [2.24, 2.45) is 0 Å². The molecule has 3 nitrogen and oxygen atoms in total. The molecule has 104 valence electrons. The first-order chi connectivity index (χ1) is 9.20. The van der Waals surface area contributed by atoms with Crippen LogP contribution in [0.2, 0.25) is 0 Å². The minimum Gasteiger partial charge on any atom is -0.373 e. The number of hydrogen-bond acceptors (Lipinski definition) is 3. The van der Waals surface area contributed by atoms with E-state index in [9.17, 15) is 9.59 Å². The summed E-state index contributed by atoms with van der Waals surface area (Å²) in [5, 5.41) is 0. The van der Waals surface area contributed by atoms with Crippen LogP contribution < -0.4 is 0 Å². The first-order valence-electron chi connectivity index (χ1n) is 6.94. The number of carbonyl (C=O) groups is 2. The van der Waals surface area contributed by atoms with Crippen molar-refractivity contribution in [1.82, 2.24) is 0 Å². The maximum Gasteiger partial charge on any atom is 0.392 e. The molecule has 0 aromatic carbocycles. The van der Waals surface area contributed by atoms with Crippen molar-refractivity contribution in [2.75, 3.05) is 0 Å². The molecule has 0 fully saturated rings. The van der Waals surface area contributed by atoms with Crippen LogP contribution in [0.5, 0.6) is 0 Å². The van der Waals surface area contributed by atoms with E-state index in [0.29, 0.717) is 12.8 Å². The highest BCUT2D eigenvalue weighted by molar-refractivity contribution is 6.02. The molecule has 0 atom stereocenters. The Morgan fingerprint density at radius 1 is 0.789 bits per heavy atom. The Kier molecular flexibility index (Phi) is 11.5. The molecule has 0 N–H and O–H groups in total. The first kappa shape index (κ1) is 17.3. The molecule has 0 saturated heterocycles. The zero-order valence-electron chi connectivity index (χ0n) is 11.9. The van der Waals surface area contributed by atoms with E-state index in [-0.39, 0.29) is 0 Å². The van der Waals surface area contributed by atoms with Crippen LogP contribution in [0.15, 0.2) is 0 Å². The molecule has 0 aliphatic rings. The average Bonchev–Trinajstić information content (AvgIpc) is 2.38. The van der Waals surface area contributed by atoms with Gasteiger partial charge in [0.15, 0.2) is 0 Å². The molecule has 0 heterocycles. The summed E-state index contributed by atoms with van der Waals surface area (Å²) in [6.07, 6.45) is 7.62. The van der Waals surface area contributed by atoms with Crippen LogP contribution in [0.4, 0.5) is 0 Å². The highest BCUT2D eigenvalue weighted by Crippen LogP contribution is 1.97. The number of rotatable bonds is 6. The smallest absolute Gasteiger partial charge is 0.373 e. The van der Waals surface area contributed by atoms with Crippen molar-refractivity contribution in [3.8, 4) is 23.7 Å². The molecule has 3 heteroatoms. The van der Waals surface area contributed by atoms with E-state index < -0.39 is 11.9 Å². The fraction of sp³-hybridized carbons (Fsp3) is 0.625. The van der Waals surface area contributed by atoms with Crippen LogP contribution in [0.1, 0.15) is 65.2 Å². The number of hydrogen-bond donors (Lipinski definition) is 0. The second-order valence-corrected chi connectivity index (χ2v) is 4.19. The van der Waals surface area contributed by atoms with E-state index in [0.717, 1.165) is 38.5 Å². The molecule has 0 rings (SSSR count). The Morgan fingerprint density at radius 2 is 1.21 bits per heavy atom. The van der Waals surface area contributed by atoms with Crippen molar-refractivity contribution in [1.29, 1.82) is 0 Å². The van der Waals surface area contributed by atoms with Crippen LogP contribution in [0.3, 0.4) is 0 Å². The molecule has 0 unspecified atom stereocenters.